The Morgan fingerprint density at radius 1 is 1.65 bits per heavy atom. The first-order valence-electron chi connectivity index (χ1n) is 4.76. The number of hydrogen-bond acceptors (Lipinski definition) is 4. The number of aromatic nitrogens is 1. The van der Waals surface area contributed by atoms with Gasteiger partial charge in [0.1, 0.15) is 6.04 Å². The lowest BCUT2D eigenvalue weighted by Gasteiger charge is -2.12. The lowest BCUT2D eigenvalue weighted by molar-refractivity contribution is -0.117. The Bertz CT molecular complexity index is 479. The van der Waals surface area contributed by atoms with Gasteiger partial charge in [0.2, 0.25) is 5.91 Å². The van der Waals surface area contributed by atoms with Gasteiger partial charge in [-0.3, -0.25) is 4.79 Å². The molecule has 1 aromatic heterocycles. The number of carbonyl (C=O) groups is 2. The fourth-order valence-corrected chi connectivity index (χ4v) is 1.78. The minimum absolute atomic E-state index is 0.170. The Balaban J connectivity index is 2.22. The molecular weight excluding hydrogens is 292 g/mol. The molecule has 1 aromatic rings. The van der Waals surface area contributed by atoms with Crippen LogP contribution in [0.2, 0.25) is 0 Å². The summed E-state index contributed by atoms with van der Waals surface area (Å²) >= 11 is 3.26. The smallest absolute Gasteiger partial charge is 0.405 e. The van der Waals surface area contributed by atoms with Crippen LogP contribution in [0.3, 0.4) is 0 Å². The minimum Gasteiger partial charge on any atom is -0.465 e. The van der Waals surface area contributed by atoms with E-state index in [1.54, 1.807) is 12.3 Å². The van der Waals surface area contributed by atoms with Crippen molar-refractivity contribution in [1.82, 2.24) is 10.3 Å². The van der Waals surface area contributed by atoms with Gasteiger partial charge in [-0.15, -0.1) is 0 Å². The molecule has 0 aliphatic carbocycles. The second kappa shape index (κ2) is 4.58. The van der Waals surface area contributed by atoms with Crippen molar-refractivity contribution in [1.29, 1.82) is 0 Å². The minimum atomic E-state index is -1.24. The fourth-order valence-electron chi connectivity index (χ4n) is 1.45. The van der Waals surface area contributed by atoms with Crippen LogP contribution in [0.5, 0.6) is 0 Å². The second-order valence-electron chi connectivity index (χ2n) is 3.42. The van der Waals surface area contributed by atoms with Crippen LogP contribution in [0.15, 0.2) is 16.7 Å². The highest BCUT2D eigenvalue weighted by Crippen LogP contribution is 2.24. The van der Waals surface area contributed by atoms with E-state index in [0.29, 0.717) is 11.5 Å². The van der Waals surface area contributed by atoms with Crippen LogP contribution in [0.4, 0.5) is 16.3 Å². The van der Waals surface area contributed by atoms with E-state index in [1.165, 1.54) is 0 Å². The molecule has 1 aliphatic rings. The Morgan fingerprint density at radius 2 is 2.41 bits per heavy atom. The molecule has 4 N–H and O–H groups in total. The van der Waals surface area contributed by atoms with E-state index in [0.717, 1.165) is 4.47 Å². The lowest BCUT2D eigenvalue weighted by Crippen LogP contribution is -2.46. The van der Waals surface area contributed by atoms with Crippen molar-refractivity contribution in [2.75, 3.05) is 17.2 Å². The molecule has 2 amide bonds. The molecule has 2 heterocycles. The summed E-state index contributed by atoms with van der Waals surface area (Å²) in [5, 5.41) is 16.2. The number of nitrogens with zero attached hydrogens (tertiary/aromatic N) is 1. The van der Waals surface area contributed by atoms with E-state index >= 15 is 0 Å². The molecule has 7 nitrogen and oxygen atoms in total. The van der Waals surface area contributed by atoms with Crippen molar-refractivity contribution in [2.24, 2.45) is 0 Å². The molecule has 0 bridgehead atoms. The van der Waals surface area contributed by atoms with Crippen molar-refractivity contribution < 1.29 is 14.7 Å². The first kappa shape index (κ1) is 11.6. The molecule has 1 atom stereocenters. The number of carbonyl (C=O) groups excluding carboxylic acids is 1. The zero-order valence-electron chi connectivity index (χ0n) is 8.53. The molecule has 0 saturated carbocycles. The van der Waals surface area contributed by atoms with Crippen molar-refractivity contribution in [3.63, 3.8) is 0 Å². The van der Waals surface area contributed by atoms with E-state index in [2.05, 4.69) is 36.9 Å². The van der Waals surface area contributed by atoms with Gasteiger partial charge < -0.3 is 21.1 Å². The molecular formula is C9H9BrN4O3. The number of rotatable bonds is 1. The first-order chi connectivity index (χ1) is 8.06. The van der Waals surface area contributed by atoms with Gasteiger partial charge in [0, 0.05) is 17.2 Å². The van der Waals surface area contributed by atoms with E-state index < -0.39 is 18.0 Å². The Kier molecular flexibility index (Phi) is 3.14. The number of hydrogen-bond donors (Lipinski definition) is 4. The van der Waals surface area contributed by atoms with Gasteiger partial charge in [-0.05, 0) is 22.0 Å². The maximum Gasteiger partial charge on any atom is 0.405 e. The van der Waals surface area contributed by atoms with Crippen molar-refractivity contribution in [3.05, 3.63) is 16.7 Å². The molecule has 0 aromatic carbocycles. The van der Waals surface area contributed by atoms with Crippen LogP contribution in [-0.4, -0.2) is 34.7 Å². The molecule has 2 rings (SSSR count). The summed E-state index contributed by atoms with van der Waals surface area (Å²) in [4.78, 5) is 26.2. The highest BCUT2D eigenvalue weighted by Gasteiger charge is 2.25. The van der Waals surface area contributed by atoms with Crippen molar-refractivity contribution in [2.45, 2.75) is 6.04 Å². The van der Waals surface area contributed by atoms with Crippen LogP contribution in [0.1, 0.15) is 0 Å². The van der Waals surface area contributed by atoms with Gasteiger partial charge >= 0.3 is 6.09 Å². The van der Waals surface area contributed by atoms with Crippen LogP contribution in [-0.2, 0) is 4.79 Å². The quantitative estimate of drug-likeness (QED) is 0.615. The van der Waals surface area contributed by atoms with Crippen LogP contribution in [0.25, 0.3) is 0 Å². The van der Waals surface area contributed by atoms with Gasteiger partial charge in [-0.2, -0.15) is 0 Å². The average molecular weight is 301 g/mol. The Labute approximate surface area is 105 Å². The molecule has 17 heavy (non-hydrogen) atoms. The predicted molar refractivity (Wildman–Crippen MR) is 64.0 cm³/mol. The summed E-state index contributed by atoms with van der Waals surface area (Å²) in [5.41, 5.74) is 0.641. The molecule has 0 radical (unpaired) electrons. The Morgan fingerprint density at radius 3 is 3.12 bits per heavy atom. The first-order valence-corrected chi connectivity index (χ1v) is 5.55. The molecule has 0 saturated heterocycles. The average Bonchev–Trinajstić information content (AvgIpc) is 2.39. The van der Waals surface area contributed by atoms with Crippen LogP contribution in [0, 0.1) is 0 Å². The van der Waals surface area contributed by atoms with Gasteiger partial charge in [-0.1, -0.05) is 0 Å². The summed E-state index contributed by atoms with van der Waals surface area (Å²) in [5.74, 6) is -0.0543. The topological polar surface area (TPSA) is 103 Å². The number of pyridine rings is 1. The molecule has 1 unspecified atom stereocenters. The number of carboxylic acid groups (broad SMARTS) is 1. The molecule has 0 fully saturated rings. The summed E-state index contributed by atoms with van der Waals surface area (Å²) in [6, 6.07) is 0.909. The normalized spacial score (nSPS) is 18.4. The number of nitrogens with one attached hydrogen (secondary N) is 3. The number of halogens is 1. The third-order valence-electron chi connectivity index (χ3n) is 2.21. The lowest BCUT2D eigenvalue weighted by atomic mass is 10.3. The summed E-state index contributed by atoms with van der Waals surface area (Å²) in [7, 11) is 0. The summed E-state index contributed by atoms with van der Waals surface area (Å²) < 4.78 is 0.766. The van der Waals surface area contributed by atoms with E-state index in [9.17, 15) is 9.59 Å². The highest BCUT2D eigenvalue weighted by atomic mass is 79.9. The third-order valence-corrected chi connectivity index (χ3v) is 2.64. The van der Waals surface area contributed by atoms with Gasteiger partial charge in [0.15, 0.2) is 5.82 Å². The number of amides is 2. The molecule has 0 spiro atoms. The zero-order chi connectivity index (χ0) is 12.4. The largest absolute Gasteiger partial charge is 0.465 e. The van der Waals surface area contributed by atoms with E-state index in [4.69, 9.17) is 5.11 Å². The highest BCUT2D eigenvalue weighted by molar-refractivity contribution is 9.10. The third kappa shape index (κ3) is 2.64. The van der Waals surface area contributed by atoms with Gasteiger partial charge in [0.05, 0.1) is 5.69 Å². The maximum atomic E-state index is 11.7. The van der Waals surface area contributed by atoms with Crippen LogP contribution < -0.4 is 16.0 Å². The number of anilines is 2. The second-order valence-corrected chi connectivity index (χ2v) is 4.34. The van der Waals surface area contributed by atoms with E-state index in [-0.39, 0.29) is 6.54 Å². The predicted octanol–water partition coefficient (Wildman–Crippen LogP) is 0.844. The maximum absolute atomic E-state index is 11.7. The zero-order valence-corrected chi connectivity index (χ0v) is 10.1. The number of fused-ring (bicyclic) bond motifs is 1. The van der Waals surface area contributed by atoms with Crippen molar-refractivity contribution in [3.8, 4) is 0 Å². The molecule has 1 aliphatic heterocycles. The van der Waals surface area contributed by atoms with Gasteiger partial charge in [0.25, 0.3) is 0 Å². The van der Waals surface area contributed by atoms with Gasteiger partial charge in [-0.25, -0.2) is 9.78 Å². The monoisotopic (exact) mass is 300 g/mol. The van der Waals surface area contributed by atoms with Crippen molar-refractivity contribution >= 4 is 39.4 Å². The fraction of sp³-hybridized carbons (Fsp3) is 0.222. The molecule has 90 valence electrons. The van der Waals surface area contributed by atoms with Crippen LogP contribution >= 0.6 is 15.9 Å². The molecule has 8 heteroatoms. The summed E-state index contributed by atoms with van der Waals surface area (Å²) in [6.45, 7) is 0.170. The summed E-state index contributed by atoms with van der Waals surface area (Å²) in [6.07, 6.45) is 0.304. The Hall–Kier alpha value is -1.83. The standard InChI is InChI=1S/C9H9BrN4O3/c10-4-1-5-7(12-2-4)14-8(15)6(3-11-5)13-9(16)17/h1-2,6,11,13H,3H2,(H,16,17)(H,12,14,15). The SMILES string of the molecule is O=C(O)NC1CNc2cc(Br)cnc2NC1=O. The van der Waals surface area contributed by atoms with E-state index in [1.807, 2.05) is 0 Å².